The molecular weight excluding hydrogens is 246 g/mol. The van der Waals surface area contributed by atoms with Crippen LogP contribution in [-0.2, 0) is 0 Å². The van der Waals surface area contributed by atoms with E-state index in [1.54, 1.807) is 0 Å². The maximum absolute atomic E-state index is 2.79. The van der Waals surface area contributed by atoms with E-state index in [0.29, 0.717) is 5.41 Å². The summed E-state index contributed by atoms with van der Waals surface area (Å²) in [6.07, 6.45) is 10.2. The van der Waals surface area contributed by atoms with Crippen LogP contribution in [0.25, 0.3) is 0 Å². The Morgan fingerprint density at radius 2 is 1.89 bits per heavy atom. The van der Waals surface area contributed by atoms with Gasteiger partial charge in [-0.1, -0.05) is 56.5 Å². The number of rotatable bonds is 3. The van der Waals surface area contributed by atoms with Crippen molar-refractivity contribution in [2.45, 2.75) is 57.9 Å². The SMILES string of the molecule is CCC1CC2(CCCCC2)CN1[Si]c1ccccc1. The molecule has 2 heteroatoms. The molecule has 1 atom stereocenters. The van der Waals surface area contributed by atoms with Gasteiger partial charge in [-0.05, 0) is 42.8 Å². The van der Waals surface area contributed by atoms with Crippen LogP contribution in [0.15, 0.2) is 30.3 Å². The summed E-state index contributed by atoms with van der Waals surface area (Å²) in [7, 11) is 0.877. The molecule has 1 heterocycles. The number of hydrogen-bond donors (Lipinski definition) is 0. The predicted octanol–water partition coefficient (Wildman–Crippen LogP) is 3.37. The molecule has 1 aliphatic carbocycles. The first kappa shape index (κ1) is 13.4. The predicted molar refractivity (Wildman–Crippen MR) is 82.8 cm³/mol. The van der Waals surface area contributed by atoms with Gasteiger partial charge in [0.05, 0.1) is 0 Å². The molecule has 2 fully saturated rings. The van der Waals surface area contributed by atoms with Gasteiger partial charge in [-0.2, -0.15) is 0 Å². The van der Waals surface area contributed by atoms with E-state index in [-0.39, 0.29) is 0 Å². The Morgan fingerprint density at radius 3 is 2.58 bits per heavy atom. The third-order valence-electron chi connectivity index (χ3n) is 5.05. The van der Waals surface area contributed by atoms with Gasteiger partial charge in [0.15, 0.2) is 9.68 Å². The zero-order valence-corrected chi connectivity index (χ0v) is 13.1. The Balaban J connectivity index is 1.70. The third kappa shape index (κ3) is 2.95. The van der Waals surface area contributed by atoms with Crippen molar-refractivity contribution in [3.05, 3.63) is 30.3 Å². The minimum absolute atomic E-state index is 0.681. The average Bonchev–Trinajstić information content (AvgIpc) is 2.78. The van der Waals surface area contributed by atoms with Crippen LogP contribution in [0, 0.1) is 5.41 Å². The van der Waals surface area contributed by atoms with Crippen LogP contribution in [0.5, 0.6) is 0 Å². The van der Waals surface area contributed by atoms with E-state index >= 15 is 0 Å². The van der Waals surface area contributed by atoms with Crippen LogP contribution in [-0.4, -0.2) is 26.8 Å². The summed E-state index contributed by atoms with van der Waals surface area (Å²) in [5, 5.41) is 1.51. The summed E-state index contributed by atoms with van der Waals surface area (Å²) >= 11 is 0. The molecule has 2 radical (unpaired) electrons. The van der Waals surface area contributed by atoms with Crippen molar-refractivity contribution in [3.63, 3.8) is 0 Å². The van der Waals surface area contributed by atoms with Crippen LogP contribution >= 0.6 is 0 Å². The van der Waals surface area contributed by atoms with Gasteiger partial charge in [0, 0.05) is 6.04 Å². The van der Waals surface area contributed by atoms with Crippen LogP contribution in [0.2, 0.25) is 0 Å². The lowest BCUT2D eigenvalue weighted by Gasteiger charge is -2.33. The van der Waals surface area contributed by atoms with Crippen molar-refractivity contribution in [2.24, 2.45) is 5.41 Å². The second-order valence-electron chi connectivity index (χ2n) is 6.43. The van der Waals surface area contributed by atoms with Gasteiger partial charge in [0.25, 0.3) is 0 Å². The Labute approximate surface area is 120 Å². The van der Waals surface area contributed by atoms with Crippen molar-refractivity contribution in [2.75, 3.05) is 6.54 Å². The average molecular weight is 271 g/mol. The molecule has 1 unspecified atom stereocenters. The quantitative estimate of drug-likeness (QED) is 0.762. The van der Waals surface area contributed by atoms with E-state index in [1.807, 2.05) is 0 Å². The number of hydrogen-bond acceptors (Lipinski definition) is 1. The topological polar surface area (TPSA) is 3.24 Å². The Kier molecular flexibility index (Phi) is 4.09. The molecule has 1 spiro atoms. The van der Waals surface area contributed by atoms with E-state index in [4.69, 9.17) is 0 Å². The van der Waals surface area contributed by atoms with Gasteiger partial charge in [0.2, 0.25) is 0 Å². The minimum Gasteiger partial charge on any atom is -0.318 e. The van der Waals surface area contributed by atoms with Gasteiger partial charge in [-0.3, -0.25) is 0 Å². The van der Waals surface area contributed by atoms with Crippen LogP contribution in [0.3, 0.4) is 0 Å². The highest BCUT2D eigenvalue weighted by Gasteiger charge is 2.43. The maximum Gasteiger partial charge on any atom is 0.182 e. The van der Waals surface area contributed by atoms with Gasteiger partial charge in [-0.15, -0.1) is 0 Å². The molecule has 0 amide bonds. The molecule has 0 bridgehead atoms. The molecule has 19 heavy (non-hydrogen) atoms. The number of nitrogens with zero attached hydrogens (tertiary/aromatic N) is 1. The lowest BCUT2D eigenvalue weighted by atomic mass is 9.72. The molecule has 1 saturated carbocycles. The van der Waals surface area contributed by atoms with Gasteiger partial charge in [-0.25, -0.2) is 0 Å². The van der Waals surface area contributed by atoms with Crippen molar-refractivity contribution in [1.29, 1.82) is 0 Å². The van der Waals surface area contributed by atoms with Gasteiger partial charge in [0.1, 0.15) is 0 Å². The molecule has 1 saturated heterocycles. The second-order valence-corrected chi connectivity index (χ2v) is 7.81. The van der Waals surface area contributed by atoms with Gasteiger partial charge >= 0.3 is 0 Å². The molecule has 3 rings (SSSR count). The summed E-state index contributed by atoms with van der Waals surface area (Å²) < 4.78 is 2.79. The molecule has 0 aromatic heterocycles. The largest absolute Gasteiger partial charge is 0.318 e. The number of benzene rings is 1. The van der Waals surface area contributed by atoms with E-state index < -0.39 is 0 Å². The summed E-state index contributed by atoms with van der Waals surface area (Å²) in [6, 6.07) is 11.9. The first-order valence-corrected chi connectivity index (χ1v) is 8.84. The zero-order valence-electron chi connectivity index (χ0n) is 12.1. The standard InChI is InChI=1S/C17H25NSi/c1-2-15-13-17(11-7-4-8-12-17)14-18(15)19-16-9-5-3-6-10-16/h3,5-6,9-10,15H,2,4,7-8,11-14H2,1H3. The lowest BCUT2D eigenvalue weighted by Crippen LogP contribution is -2.40. The van der Waals surface area contributed by atoms with Gasteiger partial charge < -0.3 is 4.57 Å². The minimum atomic E-state index is 0.681. The Morgan fingerprint density at radius 1 is 1.16 bits per heavy atom. The highest BCUT2D eigenvalue weighted by molar-refractivity contribution is 6.50. The normalized spacial score (nSPS) is 26.9. The maximum atomic E-state index is 2.79. The fraction of sp³-hybridized carbons (Fsp3) is 0.647. The second kappa shape index (κ2) is 5.80. The molecule has 0 N–H and O–H groups in total. The molecule has 102 valence electrons. The summed E-state index contributed by atoms with van der Waals surface area (Å²) in [5.41, 5.74) is 0.681. The fourth-order valence-electron chi connectivity index (χ4n) is 4.00. The third-order valence-corrected chi connectivity index (χ3v) is 6.45. The summed E-state index contributed by atoms with van der Waals surface area (Å²) in [4.78, 5) is 0. The highest BCUT2D eigenvalue weighted by atomic mass is 28.2. The summed E-state index contributed by atoms with van der Waals surface area (Å²) in [6.45, 7) is 3.73. The van der Waals surface area contributed by atoms with Crippen molar-refractivity contribution >= 4 is 14.9 Å². The van der Waals surface area contributed by atoms with Crippen molar-refractivity contribution in [1.82, 2.24) is 4.57 Å². The zero-order chi connectivity index (χ0) is 13.1. The molecule has 1 nitrogen and oxygen atoms in total. The molecular formula is C17H25NSi. The van der Waals surface area contributed by atoms with Crippen LogP contribution < -0.4 is 5.19 Å². The Bertz CT molecular complexity index is 397. The van der Waals surface area contributed by atoms with Crippen LogP contribution in [0.1, 0.15) is 51.9 Å². The molecule has 1 aromatic carbocycles. The first-order valence-electron chi connectivity index (χ1n) is 7.90. The van der Waals surface area contributed by atoms with Crippen molar-refractivity contribution < 1.29 is 0 Å². The Hall–Kier alpha value is -0.603. The summed E-state index contributed by atoms with van der Waals surface area (Å²) in [5.74, 6) is 0. The first-order chi connectivity index (χ1) is 9.31. The van der Waals surface area contributed by atoms with E-state index in [9.17, 15) is 0 Å². The molecule has 1 aromatic rings. The van der Waals surface area contributed by atoms with Crippen molar-refractivity contribution in [3.8, 4) is 0 Å². The van der Waals surface area contributed by atoms with E-state index in [0.717, 1.165) is 15.7 Å². The smallest absolute Gasteiger partial charge is 0.182 e. The lowest BCUT2D eigenvalue weighted by molar-refractivity contribution is 0.205. The monoisotopic (exact) mass is 271 g/mol. The highest BCUT2D eigenvalue weighted by Crippen LogP contribution is 2.46. The van der Waals surface area contributed by atoms with E-state index in [2.05, 4.69) is 41.8 Å². The van der Waals surface area contributed by atoms with Crippen LogP contribution in [0.4, 0.5) is 0 Å². The molecule has 2 aliphatic rings. The van der Waals surface area contributed by atoms with E-state index in [1.165, 1.54) is 56.7 Å². The molecule has 1 aliphatic heterocycles. The fourth-order valence-corrected chi connectivity index (χ4v) is 5.55.